The number of nitrogens with one attached hydrogen (secondary N) is 1. The van der Waals surface area contributed by atoms with Crippen molar-refractivity contribution < 1.29 is 19.4 Å². The summed E-state index contributed by atoms with van der Waals surface area (Å²) in [6.45, 7) is 5.05. The topological polar surface area (TPSA) is 111 Å². The van der Waals surface area contributed by atoms with E-state index in [0.29, 0.717) is 5.56 Å². The Morgan fingerprint density at radius 3 is 2.44 bits per heavy atom. The van der Waals surface area contributed by atoms with Crippen molar-refractivity contribution in [1.82, 2.24) is 9.55 Å². The molecule has 8 heteroatoms. The Morgan fingerprint density at radius 1 is 1.24 bits per heavy atom. The van der Waals surface area contributed by atoms with Gasteiger partial charge in [0, 0.05) is 0 Å². The molecule has 1 aromatic heterocycles. The molecule has 0 saturated carbocycles. The molecule has 1 amide bonds. The summed E-state index contributed by atoms with van der Waals surface area (Å²) in [6, 6.07) is 7.02. The number of hydrogen-bond donors (Lipinski definition) is 2. The van der Waals surface area contributed by atoms with Crippen LogP contribution in [0.2, 0.25) is 0 Å². The van der Waals surface area contributed by atoms with Gasteiger partial charge in [0.15, 0.2) is 6.04 Å². The molecule has 0 spiro atoms. The number of carboxylic acids is 1. The Hall–Kier alpha value is -3.16. The number of carboxylic acid groups (broad SMARTS) is 1. The van der Waals surface area contributed by atoms with E-state index in [1.54, 1.807) is 51.1 Å². The lowest BCUT2D eigenvalue weighted by Crippen LogP contribution is -2.34. The van der Waals surface area contributed by atoms with Gasteiger partial charge >= 0.3 is 12.1 Å². The van der Waals surface area contributed by atoms with Gasteiger partial charge in [0.05, 0.1) is 12.5 Å². The van der Waals surface area contributed by atoms with E-state index in [-0.39, 0.29) is 5.69 Å². The highest BCUT2D eigenvalue weighted by molar-refractivity contribution is 5.84. The van der Waals surface area contributed by atoms with E-state index >= 15 is 0 Å². The fraction of sp³-hybridized carbons (Fsp3) is 0.294. The minimum absolute atomic E-state index is 0.168. The summed E-state index contributed by atoms with van der Waals surface area (Å²) in [5, 5.41) is 11.8. The second-order valence-electron chi connectivity index (χ2n) is 6.30. The quantitative estimate of drug-likeness (QED) is 0.879. The number of amides is 1. The standard InChI is InChI=1S/C17H19N3O5/c1-17(2,3)25-16(24)19-12-9-18-10-20(14(12)21)13(15(22)23)11-7-5-4-6-8-11/h4-10,13H,1-3H3,(H,19,24)(H,22,23). The molecule has 2 rings (SSSR count). The Bertz CT molecular complexity index is 824. The van der Waals surface area contributed by atoms with Crippen LogP contribution in [0.15, 0.2) is 47.7 Å². The summed E-state index contributed by atoms with van der Waals surface area (Å²) < 4.78 is 6.04. The SMILES string of the molecule is CC(C)(C)OC(=O)Nc1cncn(C(C(=O)O)c2ccccc2)c1=O. The summed E-state index contributed by atoms with van der Waals surface area (Å²) >= 11 is 0. The predicted molar refractivity (Wildman–Crippen MR) is 90.6 cm³/mol. The van der Waals surface area contributed by atoms with Gasteiger partial charge in [0.25, 0.3) is 5.56 Å². The Balaban J connectivity index is 2.38. The Labute approximate surface area is 144 Å². The number of carbonyl (C=O) groups excluding carboxylic acids is 1. The molecule has 0 radical (unpaired) electrons. The van der Waals surface area contributed by atoms with Crippen molar-refractivity contribution in [3.63, 3.8) is 0 Å². The first-order valence-corrected chi connectivity index (χ1v) is 7.53. The van der Waals surface area contributed by atoms with E-state index in [2.05, 4.69) is 10.3 Å². The number of carbonyl (C=O) groups is 2. The van der Waals surface area contributed by atoms with E-state index in [0.717, 1.165) is 17.1 Å². The zero-order valence-electron chi connectivity index (χ0n) is 14.1. The van der Waals surface area contributed by atoms with Gasteiger partial charge in [-0.25, -0.2) is 14.6 Å². The summed E-state index contributed by atoms with van der Waals surface area (Å²) in [7, 11) is 0. The van der Waals surface area contributed by atoms with Gasteiger partial charge in [-0.1, -0.05) is 30.3 Å². The van der Waals surface area contributed by atoms with Crippen LogP contribution in [0.4, 0.5) is 10.5 Å². The molecule has 1 unspecified atom stereocenters. The van der Waals surface area contributed by atoms with E-state index in [4.69, 9.17) is 4.74 Å². The Morgan fingerprint density at radius 2 is 1.88 bits per heavy atom. The first-order valence-electron chi connectivity index (χ1n) is 7.53. The van der Waals surface area contributed by atoms with Crippen LogP contribution >= 0.6 is 0 Å². The lowest BCUT2D eigenvalue weighted by molar-refractivity contribution is -0.139. The summed E-state index contributed by atoms with van der Waals surface area (Å²) in [5.74, 6) is -1.22. The van der Waals surface area contributed by atoms with Crippen LogP contribution in [0, 0.1) is 0 Å². The van der Waals surface area contributed by atoms with Gasteiger partial charge in [-0.2, -0.15) is 0 Å². The molecule has 132 valence electrons. The van der Waals surface area contributed by atoms with Gasteiger partial charge in [-0.05, 0) is 26.3 Å². The number of nitrogens with zero attached hydrogens (tertiary/aromatic N) is 2. The molecular formula is C17H19N3O5. The third-order valence-corrected chi connectivity index (χ3v) is 3.12. The molecule has 2 aromatic rings. The van der Waals surface area contributed by atoms with Crippen molar-refractivity contribution in [2.45, 2.75) is 32.4 Å². The number of ether oxygens (including phenoxy) is 1. The van der Waals surface area contributed by atoms with E-state index < -0.39 is 29.3 Å². The fourth-order valence-corrected chi connectivity index (χ4v) is 2.17. The average Bonchev–Trinajstić information content (AvgIpc) is 2.50. The maximum Gasteiger partial charge on any atom is 0.412 e. The zero-order valence-corrected chi connectivity index (χ0v) is 14.1. The normalized spacial score (nSPS) is 12.3. The highest BCUT2D eigenvalue weighted by Gasteiger charge is 2.25. The molecule has 1 heterocycles. The lowest BCUT2D eigenvalue weighted by atomic mass is 10.1. The number of aromatic nitrogens is 2. The molecule has 25 heavy (non-hydrogen) atoms. The highest BCUT2D eigenvalue weighted by Crippen LogP contribution is 2.17. The Kier molecular flexibility index (Phi) is 5.21. The third-order valence-electron chi connectivity index (χ3n) is 3.12. The molecule has 1 atom stereocenters. The maximum absolute atomic E-state index is 12.6. The van der Waals surface area contributed by atoms with Crippen molar-refractivity contribution in [2.24, 2.45) is 0 Å². The fourth-order valence-electron chi connectivity index (χ4n) is 2.17. The lowest BCUT2D eigenvalue weighted by Gasteiger charge is -2.20. The van der Waals surface area contributed by atoms with E-state index in [1.165, 1.54) is 0 Å². The summed E-state index contributed by atoms with van der Waals surface area (Å²) in [6.07, 6.45) is 1.44. The van der Waals surface area contributed by atoms with Gasteiger partial charge in [-0.3, -0.25) is 14.7 Å². The van der Waals surface area contributed by atoms with Gasteiger partial charge < -0.3 is 9.84 Å². The van der Waals surface area contributed by atoms with Crippen LogP contribution in [0.5, 0.6) is 0 Å². The molecule has 0 bridgehead atoms. The maximum atomic E-state index is 12.6. The van der Waals surface area contributed by atoms with Crippen LogP contribution < -0.4 is 10.9 Å². The molecule has 0 fully saturated rings. The van der Waals surface area contributed by atoms with Crippen LogP contribution in [0.25, 0.3) is 0 Å². The first-order chi connectivity index (χ1) is 11.7. The molecule has 0 saturated heterocycles. The molecule has 8 nitrogen and oxygen atoms in total. The van der Waals surface area contributed by atoms with Crippen molar-refractivity contribution in [3.8, 4) is 0 Å². The third kappa shape index (κ3) is 4.66. The molecule has 0 aliphatic carbocycles. The summed E-state index contributed by atoms with van der Waals surface area (Å²) in [5.41, 5.74) is -1.19. The van der Waals surface area contributed by atoms with Gasteiger partial charge in [-0.15, -0.1) is 0 Å². The predicted octanol–water partition coefficient (Wildman–Crippen LogP) is 2.26. The van der Waals surface area contributed by atoms with Gasteiger partial charge in [0.1, 0.15) is 11.3 Å². The molecule has 1 aromatic carbocycles. The van der Waals surface area contributed by atoms with Gasteiger partial charge in [0.2, 0.25) is 0 Å². The van der Waals surface area contributed by atoms with Crippen molar-refractivity contribution >= 4 is 17.7 Å². The molecule has 2 N–H and O–H groups in total. The first kappa shape index (κ1) is 18.2. The number of aliphatic carboxylic acids is 1. The van der Waals surface area contributed by atoms with E-state index in [9.17, 15) is 19.5 Å². The minimum atomic E-state index is -1.26. The number of rotatable bonds is 4. The number of benzene rings is 1. The highest BCUT2D eigenvalue weighted by atomic mass is 16.6. The second-order valence-corrected chi connectivity index (χ2v) is 6.30. The molecular weight excluding hydrogens is 326 g/mol. The van der Waals surface area contributed by atoms with Crippen molar-refractivity contribution in [1.29, 1.82) is 0 Å². The number of anilines is 1. The molecule has 0 aliphatic heterocycles. The second kappa shape index (κ2) is 7.16. The van der Waals surface area contributed by atoms with Crippen LogP contribution in [-0.2, 0) is 9.53 Å². The monoisotopic (exact) mass is 345 g/mol. The molecule has 0 aliphatic rings. The van der Waals surface area contributed by atoms with Crippen LogP contribution in [0.3, 0.4) is 0 Å². The summed E-state index contributed by atoms with van der Waals surface area (Å²) in [4.78, 5) is 39.9. The minimum Gasteiger partial charge on any atom is -0.479 e. The smallest absolute Gasteiger partial charge is 0.412 e. The van der Waals surface area contributed by atoms with Crippen molar-refractivity contribution in [2.75, 3.05) is 5.32 Å². The zero-order chi connectivity index (χ0) is 18.6. The van der Waals surface area contributed by atoms with E-state index in [1.807, 2.05) is 0 Å². The van der Waals surface area contributed by atoms with Crippen LogP contribution in [-0.4, -0.2) is 32.3 Å². The van der Waals surface area contributed by atoms with Crippen molar-refractivity contribution in [3.05, 3.63) is 58.8 Å². The average molecular weight is 345 g/mol. The number of hydrogen-bond acceptors (Lipinski definition) is 5. The largest absolute Gasteiger partial charge is 0.479 e. The van der Waals surface area contributed by atoms with Crippen LogP contribution in [0.1, 0.15) is 32.4 Å².